The first kappa shape index (κ1) is 16.4. The number of H-pyrrole nitrogens is 1. The van der Waals surface area contributed by atoms with Crippen LogP contribution in [0.4, 0.5) is 5.82 Å². The summed E-state index contributed by atoms with van der Waals surface area (Å²) >= 11 is 3.41. The van der Waals surface area contributed by atoms with E-state index < -0.39 is 0 Å². The maximum atomic E-state index is 4.83. The van der Waals surface area contributed by atoms with E-state index in [1.54, 1.807) is 18.7 Å². The number of aromatic nitrogens is 7. The Bertz CT molecular complexity index is 1070. The Hall–Kier alpha value is -2.81. The van der Waals surface area contributed by atoms with Crippen LogP contribution in [0, 0.1) is 0 Å². The molecular weight excluding hydrogens is 408 g/mol. The van der Waals surface area contributed by atoms with Crippen LogP contribution in [-0.2, 0) is 0 Å². The number of anilines is 1. The zero-order valence-corrected chi connectivity index (χ0v) is 16.0. The smallest absolute Gasteiger partial charge is 0.180 e. The molecule has 8 nitrogen and oxygen atoms in total. The fourth-order valence-electron chi connectivity index (χ4n) is 3.61. The lowest BCUT2D eigenvalue weighted by Gasteiger charge is -2.33. The molecule has 0 amide bonds. The van der Waals surface area contributed by atoms with Gasteiger partial charge in [0.05, 0.1) is 18.7 Å². The SMILES string of the molecule is Brc1cn2c(-c3nccc(N4CCCC(c5cnc[nH]5)C4)n3)cnc2cn1. The normalized spacial score (nSPS) is 17.5. The van der Waals surface area contributed by atoms with Gasteiger partial charge in [-0.15, -0.1) is 0 Å². The number of piperidine rings is 1. The van der Waals surface area contributed by atoms with Crippen LogP contribution in [0.3, 0.4) is 0 Å². The van der Waals surface area contributed by atoms with Crippen LogP contribution >= 0.6 is 15.9 Å². The molecule has 0 aliphatic carbocycles. The third-order valence-electron chi connectivity index (χ3n) is 4.94. The summed E-state index contributed by atoms with van der Waals surface area (Å²) in [5.41, 5.74) is 2.80. The van der Waals surface area contributed by atoms with Crippen molar-refractivity contribution in [3.63, 3.8) is 0 Å². The van der Waals surface area contributed by atoms with Crippen molar-refractivity contribution in [2.24, 2.45) is 0 Å². The number of nitrogens with one attached hydrogen (secondary N) is 1. The predicted octanol–water partition coefficient (Wildman–Crippen LogP) is 3.06. The van der Waals surface area contributed by atoms with Crippen molar-refractivity contribution in [1.82, 2.24) is 34.3 Å². The lowest BCUT2D eigenvalue weighted by Crippen LogP contribution is -2.35. The molecule has 0 radical (unpaired) electrons. The minimum Gasteiger partial charge on any atom is -0.356 e. The van der Waals surface area contributed by atoms with Crippen molar-refractivity contribution in [2.75, 3.05) is 18.0 Å². The van der Waals surface area contributed by atoms with Crippen molar-refractivity contribution < 1.29 is 0 Å². The van der Waals surface area contributed by atoms with E-state index >= 15 is 0 Å². The molecule has 27 heavy (non-hydrogen) atoms. The molecule has 1 aliphatic rings. The Labute approximate surface area is 163 Å². The highest BCUT2D eigenvalue weighted by molar-refractivity contribution is 9.10. The number of nitrogens with zero attached hydrogens (tertiary/aromatic N) is 7. The minimum absolute atomic E-state index is 0.442. The highest BCUT2D eigenvalue weighted by Crippen LogP contribution is 2.29. The lowest BCUT2D eigenvalue weighted by atomic mass is 9.95. The minimum atomic E-state index is 0.442. The second kappa shape index (κ2) is 6.73. The molecule has 0 spiro atoms. The Morgan fingerprint density at radius 2 is 2.11 bits per heavy atom. The fourth-order valence-corrected chi connectivity index (χ4v) is 3.92. The molecule has 1 saturated heterocycles. The van der Waals surface area contributed by atoms with Gasteiger partial charge in [-0.2, -0.15) is 0 Å². The first-order chi connectivity index (χ1) is 13.3. The zero-order chi connectivity index (χ0) is 18.2. The van der Waals surface area contributed by atoms with E-state index in [4.69, 9.17) is 4.98 Å². The van der Waals surface area contributed by atoms with Crippen LogP contribution in [0.1, 0.15) is 24.5 Å². The third kappa shape index (κ3) is 3.08. The maximum absolute atomic E-state index is 4.83. The number of hydrogen-bond acceptors (Lipinski definition) is 6. The van der Waals surface area contributed by atoms with Gasteiger partial charge in [-0.3, -0.25) is 4.40 Å². The second-order valence-electron chi connectivity index (χ2n) is 6.61. The molecule has 1 aliphatic heterocycles. The number of hydrogen-bond donors (Lipinski definition) is 1. The monoisotopic (exact) mass is 424 g/mol. The van der Waals surface area contributed by atoms with E-state index in [-0.39, 0.29) is 0 Å². The topological polar surface area (TPSA) is 87.9 Å². The third-order valence-corrected chi connectivity index (χ3v) is 5.35. The molecule has 5 rings (SSSR count). The van der Waals surface area contributed by atoms with Crippen LogP contribution in [-0.4, -0.2) is 47.4 Å². The lowest BCUT2D eigenvalue weighted by molar-refractivity contribution is 0.500. The van der Waals surface area contributed by atoms with Crippen LogP contribution in [0.2, 0.25) is 0 Å². The molecular formula is C18H17BrN8. The molecule has 0 bridgehead atoms. The molecule has 0 saturated carbocycles. The summed E-state index contributed by atoms with van der Waals surface area (Å²) in [6, 6.07) is 1.97. The molecule has 1 atom stereocenters. The average Bonchev–Trinajstić information content (AvgIpc) is 3.38. The molecule has 4 aromatic heterocycles. The van der Waals surface area contributed by atoms with Crippen molar-refractivity contribution >= 4 is 27.4 Å². The van der Waals surface area contributed by atoms with E-state index in [2.05, 4.69) is 45.7 Å². The molecule has 1 unspecified atom stereocenters. The highest BCUT2D eigenvalue weighted by Gasteiger charge is 2.23. The summed E-state index contributed by atoms with van der Waals surface area (Å²) < 4.78 is 2.68. The van der Waals surface area contributed by atoms with Crippen molar-refractivity contribution in [1.29, 1.82) is 0 Å². The van der Waals surface area contributed by atoms with Crippen molar-refractivity contribution in [3.05, 3.63) is 53.7 Å². The van der Waals surface area contributed by atoms with E-state index in [0.717, 1.165) is 47.7 Å². The molecule has 1 N–H and O–H groups in total. The second-order valence-corrected chi connectivity index (χ2v) is 7.42. The number of halogens is 1. The zero-order valence-electron chi connectivity index (χ0n) is 14.5. The Morgan fingerprint density at radius 3 is 3.00 bits per heavy atom. The van der Waals surface area contributed by atoms with Gasteiger partial charge in [0.25, 0.3) is 0 Å². The van der Waals surface area contributed by atoms with Crippen molar-refractivity contribution in [3.8, 4) is 11.5 Å². The highest BCUT2D eigenvalue weighted by atomic mass is 79.9. The van der Waals surface area contributed by atoms with Gasteiger partial charge in [-0.25, -0.2) is 24.9 Å². The van der Waals surface area contributed by atoms with E-state index in [1.165, 1.54) is 5.69 Å². The molecule has 136 valence electrons. The quantitative estimate of drug-likeness (QED) is 0.543. The number of rotatable bonds is 3. The van der Waals surface area contributed by atoms with Crippen LogP contribution in [0.25, 0.3) is 17.2 Å². The average molecular weight is 425 g/mol. The maximum Gasteiger partial charge on any atom is 0.180 e. The molecule has 4 aromatic rings. The molecule has 5 heterocycles. The summed E-state index contributed by atoms with van der Waals surface area (Å²) in [4.78, 5) is 27.6. The van der Waals surface area contributed by atoms with E-state index in [9.17, 15) is 0 Å². The molecule has 1 fully saturated rings. The molecule has 0 aromatic carbocycles. The predicted molar refractivity (Wildman–Crippen MR) is 104 cm³/mol. The van der Waals surface area contributed by atoms with Gasteiger partial charge < -0.3 is 9.88 Å². The van der Waals surface area contributed by atoms with Crippen LogP contribution in [0.15, 0.2) is 48.0 Å². The Morgan fingerprint density at radius 1 is 1.15 bits per heavy atom. The van der Waals surface area contributed by atoms with Gasteiger partial charge in [-0.1, -0.05) is 0 Å². The summed E-state index contributed by atoms with van der Waals surface area (Å²) in [6.07, 6.45) is 13.1. The summed E-state index contributed by atoms with van der Waals surface area (Å²) in [5.74, 6) is 2.03. The first-order valence-electron chi connectivity index (χ1n) is 8.83. The van der Waals surface area contributed by atoms with Crippen LogP contribution in [0.5, 0.6) is 0 Å². The van der Waals surface area contributed by atoms with Gasteiger partial charge >= 0.3 is 0 Å². The van der Waals surface area contributed by atoms with Gasteiger partial charge in [-0.05, 0) is 34.8 Å². The van der Waals surface area contributed by atoms with Crippen molar-refractivity contribution in [2.45, 2.75) is 18.8 Å². The molecule has 9 heteroatoms. The fraction of sp³-hybridized carbons (Fsp3) is 0.278. The number of aromatic amines is 1. The summed E-state index contributed by atoms with van der Waals surface area (Å²) in [5, 5.41) is 0. The Balaban J connectivity index is 1.47. The number of imidazole rings is 2. The summed E-state index contributed by atoms with van der Waals surface area (Å²) in [7, 11) is 0. The largest absolute Gasteiger partial charge is 0.356 e. The number of fused-ring (bicyclic) bond motifs is 1. The van der Waals surface area contributed by atoms with Gasteiger partial charge in [0.15, 0.2) is 11.5 Å². The van der Waals surface area contributed by atoms with Gasteiger partial charge in [0.2, 0.25) is 0 Å². The standard InChI is InChI=1S/C18H17BrN8/c19-15-10-27-14(7-23-17(27)8-22-15)18-21-4-3-16(25-18)26-5-1-2-12(9-26)13-6-20-11-24-13/h3-4,6-8,10-12H,1-2,5,9H2,(H,20,24). The van der Waals surface area contributed by atoms with Crippen LogP contribution < -0.4 is 4.90 Å². The van der Waals surface area contributed by atoms with E-state index in [0.29, 0.717) is 11.7 Å². The van der Waals surface area contributed by atoms with E-state index in [1.807, 2.05) is 29.1 Å². The first-order valence-corrected chi connectivity index (χ1v) is 9.62. The van der Waals surface area contributed by atoms with Gasteiger partial charge in [0, 0.05) is 43.3 Å². The van der Waals surface area contributed by atoms with Gasteiger partial charge in [0.1, 0.15) is 16.1 Å². The Kier molecular flexibility index (Phi) is 4.08. The summed E-state index contributed by atoms with van der Waals surface area (Å²) in [6.45, 7) is 1.91.